The van der Waals surface area contributed by atoms with Crippen molar-refractivity contribution >= 4 is 55.8 Å². The molecule has 12 nitrogen and oxygen atoms in total. The molecule has 314 valence electrons. The summed E-state index contributed by atoms with van der Waals surface area (Å²) in [5.41, 5.74) is 4.01. The zero-order valence-corrected chi connectivity index (χ0v) is 32.8. The van der Waals surface area contributed by atoms with Crippen LogP contribution < -0.4 is 29.9 Å². The fourth-order valence-corrected chi connectivity index (χ4v) is 6.82. The first-order valence-electron chi connectivity index (χ1n) is 17.9. The predicted octanol–water partition coefficient (Wildman–Crippen LogP) is 8.84. The van der Waals surface area contributed by atoms with Crippen molar-refractivity contribution in [1.29, 1.82) is 0 Å². The summed E-state index contributed by atoms with van der Waals surface area (Å²) < 4.78 is 116. The van der Waals surface area contributed by atoms with Crippen LogP contribution in [0.4, 0.5) is 60.7 Å². The van der Waals surface area contributed by atoms with Crippen LogP contribution in [0.25, 0.3) is 11.3 Å². The monoisotopic (exact) mass is 866 g/mol. The van der Waals surface area contributed by atoms with Gasteiger partial charge in [-0.2, -0.15) is 0 Å². The minimum atomic E-state index is -4.77. The highest BCUT2D eigenvalue weighted by Gasteiger charge is 2.31. The van der Waals surface area contributed by atoms with Crippen LogP contribution in [0, 0.1) is 0 Å². The lowest BCUT2D eigenvalue weighted by Gasteiger charge is -2.29. The topological polar surface area (TPSA) is 127 Å². The number of halogens is 7. The van der Waals surface area contributed by atoms with Crippen molar-refractivity contribution in [2.24, 2.45) is 0 Å². The zero-order chi connectivity index (χ0) is 42.2. The Morgan fingerprint density at radius 3 is 1.56 bits per heavy atom. The van der Waals surface area contributed by atoms with Gasteiger partial charge in [0.05, 0.1) is 37.0 Å². The second-order valence-electron chi connectivity index (χ2n) is 13.0. The first-order valence-corrected chi connectivity index (χ1v) is 20.1. The maximum Gasteiger partial charge on any atom is 0.573 e. The van der Waals surface area contributed by atoms with Gasteiger partial charge in [0, 0.05) is 72.9 Å². The largest absolute Gasteiger partial charge is 0.573 e. The lowest BCUT2D eigenvalue weighted by Crippen LogP contribution is -2.36. The molecular formula is C39H37ClF6N6O6S. The minimum Gasteiger partial charge on any atom is -0.406 e. The Hall–Kier alpha value is -5.50. The summed E-state index contributed by atoms with van der Waals surface area (Å²) in [4.78, 5) is 13.2. The van der Waals surface area contributed by atoms with Crippen LogP contribution in [0.2, 0.25) is 5.15 Å². The quantitative estimate of drug-likeness (QED) is 0.103. The van der Waals surface area contributed by atoms with Gasteiger partial charge in [-0.3, -0.25) is 0 Å². The van der Waals surface area contributed by atoms with Crippen molar-refractivity contribution in [3.8, 4) is 22.8 Å². The van der Waals surface area contributed by atoms with Gasteiger partial charge >= 0.3 is 12.7 Å². The number of anilines is 6. The van der Waals surface area contributed by atoms with Crippen LogP contribution in [-0.4, -0.2) is 90.0 Å². The Morgan fingerprint density at radius 2 is 1.10 bits per heavy atom. The van der Waals surface area contributed by atoms with E-state index in [4.69, 9.17) is 21.1 Å². The molecule has 0 unspecified atom stereocenters. The molecule has 2 N–H and O–H groups in total. The van der Waals surface area contributed by atoms with E-state index >= 15 is 0 Å². The molecule has 0 spiro atoms. The van der Waals surface area contributed by atoms with E-state index in [2.05, 4.69) is 39.9 Å². The molecule has 0 atom stereocenters. The molecule has 2 aromatic heterocycles. The average Bonchev–Trinajstić information content (AvgIpc) is 3.19. The molecule has 3 aromatic carbocycles. The van der Waals surface area contributed by atoms with Gasteiger partial charge in [0.15, 0.2) is 9.84 Å². The predicted molar refractivity (Wildman–Crippen MR) is 211 cm³/mol. The third-order valence-corrected chi connectivity index (χ3v) is 9.92. The van der Waals surface area contributed by atoms with Crippen LogP contribution >= 0.6 is 11.6 Å². The molecule has 5 aromatic rings. The SMILES string of the molecule is CS(=O)(=O)c1cccc(-c2cc(N3CCOCC3)cc(Nc3ccc(OC(F)(F)F)cc3)n2)c1.FC(F)(F)Oc1ccc(Nc2cc(N3CCOCC3)cc(Cl)n2)cc1. The highest BCUT2D eigenvalue weighted by molar-refractivity contribution is 7.90. The highest BCUT2D eigenvalue weighted by Crippen LogP contribution is 2.32. The fraction of sp³-hybridized carbons (Fsp3) is 0.282. The Labute approximate surface area is 340 Å². The molecule has 7 rings (SSSR count). The number of nitrogens with one attached hydrogen (secondary N) is 2. The highest BCUT2D eigenvalue weighted by atomic mass is 35.5. The molecule has 4 heterocycles. The summed E-state index contributed by atoms with van der Waals surface area (Å²) in [6, 6.07) is 24.5. The van der Waals surface area contributed by atoms with Gasteiger partial charge in [-0.25, -0.2) is 18.4 Å². The van der Waals surface area contributed by atoms with Crippen LogP contribution in [0.1, 0.15) is 0 Å². The Morgan fingerprint density at radius 1 is 0.644 bits per heavy atom. The maximum atomic E-state index is 12.4. The molecular weight excluding hydrogens is 830 g/mol. The van der Waals surface area contributed by atoms with Crippen LogP contribution in [-0.2, 0) is 19.3 Å². The van der Waals surface area contributed by atoms with Gasteiger partial charge in [0.1, 0.15) is 28.3 Å². The summed E-state index contributed by atoms with van der Waals surface area (Å²) in [7, 11) is -3.40. The Bertz CT molecular complexity index is 2290. The molecule has 2 aliphatic heterocycles. The summed E-state index contributed by atoms with van der Waals surface area (Å²) in [6.07, 6.45) is -8.34. The molecule has 20 heteroatoms. The number of sulfone groups is 1. The van der Waals surface area contributed by atoms with E-state index in [1.54, 1.807) is 24.3 Å². The van der Waals surface area contributed by atoms with Crippen LogP contribution in [0.3, 0.4) is 0 Å². The summed E-state index contributed by atoms with van der Waals surface area (Å²) >= 11 is 6.08. The molecule has 0 aliphatic carbocycles. The van der Waals surface area contributed by atoms with Crippen molar-refractivity contribution in [2.75, 3.05) is 79.3 Å². The van der Waals surface area contributed by atoms with Gasteiger partial charge in [-0.05, 0) is 72.8 Å². The number of morpholine rings is 2. The van der Waals surface area contributed by atoms with Crippen molar-refractivity contribution in [3.05, 3.63) is 102 Å². The number of ether oxygens (including phenoxy) is 4. The standard InChI is InChI=1S/C23H22F3N3O4S.C16H15ClF3N3O2/c1-34(30,31)20-4-2-3-16(13-20)21-14-18(29-9-11-32-12-10-29)15-22(28-21)27-17-5-7-19(8-6-17)33-23(24,25)26;17-14-9-12(23-5-7-24-8-6-23)10-15(22-14)21-11-1-3-13(4-2-11)25-16(18,19)20/h2-8,13-15H,9-12H2,1H3,(H,27,28);1-4,9-10H,5-8H2,(H,21,22). The number of aromatic nitrogens is 2. The van der Waals surface area contributed by atoms with Gasteiger partial charge in [0.25, 0.3) is 0 Å². The number of rotatable bonds is 10. The van der Waals surface area contributed by atoms with Crippen molar-refractivity contribution in [1.82, 2.24) is 9.97 Å². The number of nitrogens with zero attached hydrogens (tertiary/aromatic N) is 4. The molecule has 2 fully saturated rings. The second kappa shape index (κ2) is 18.6. The molecule has 0 bridgehead atoms. The lowest BCUT2D eigenvalue weighted by molar-refractivity contribution is -0.275. The van der Waals surface area contributed by atoms with Crippen LogP contribution in [0.5, 0.6) is 11.5 Å². The van der Waals surface area contributed by atoms with Crippen molar-refractivity contribution in [2.45, 2.75) is 17.6 Å². The zero-order valence-electron chi connectivity index (χ0n) is 31.2. The normalized spacial score (nSPS) is 14.8. The smallest absolute Gasteiger partial charge is 0.406 e. The molecule has 0 saturated carbocycles. The number of alkyl halides is 6. The van der Waals surface area contributed by atoms with Crippen LogP contribution in [0.15, 0.2) is 102 Å². The summed E-state index contributed by atoms with van der Waals surface area (Å²) in [5, 5.41) is 6.45. The minimum absolute atomic E-state index is 0.179. The lowest BCUT2D eigenvalue weighted by atomic mass is 10.1. The molecule has 2 aliphatic rings. The average molecular weight is 867 g/mol. The fourth-order valence-electron chi connectivity index (χ4n) is 5.95. The van der Waals surface area contributed by atoms with Crippen molar-refractivity contribution in [3.63, 3.8) is 0 Å². The molecule has 59 heavy (non-hydrogen) atoms. The van der Waals surface area contributed by atoms with E-state index in [1.165, 1.54) is 54.6 Å². The summed E-state index contributed by atoms with van der Waals surface area (Å²) in [6.45, 7) is 5.29. The van der Waals surface area contributed by atoms with Crippen molar-refractivity contribution < 1.29 is 53.7 Å². The van der Waals surface area contributed by atoms with E-state index < -0.39 is 22.6 Å². The Kier molecular flexibility index (Phi) is 13.6. The maximum absolute atomic E-state index is 12.4. The first-order chi connectivity index (χ1) is 28.0. The number of pyridine rings is 2. The summed E-state index contributed by atoms with van der Waals surface area (Å²) in [5.74, 6) is 0.337. The van der Waals surface area contributed by atoms with Gasteiger partial charge in [-0.15, -0.1) is 26.3 Å². The van der Waals surface area contributed by atoms with Gasteiger partial charge in [-0.1, -0.05) is 23.7 Å². The van der Waals surface area contributed by atoms with Gasteiger partial charge in [0.2, 0.25) is 0 Å². The third kappa shape index (κ3) is 13.3. The van der Waals surface area contributed by atoms with E-state index in [-0.39, 0.29) is 16.4 Å². The second-order valence-corrected chi connectivity index (χ2v) is 15.4. The van der Waals surface area contributed by atoms with E-state index in [9.17, 15) is 34.8 Å². The number of hydrogen-bond donors (Lipinski definition) is 2. The van der Waals surface area contributed by atoms with E-state index in [0.717, 1.165) is 30.7 Å². The third-order valence-electron chi connectivity index (χ3n) is 8.62. The van der Waals surface area contributed by atoms with E-state index in [1.807, 2.05) is 18.2 Å². The number of benzene rings is 3. The molecule has 0 radical (unpaired) electrons. The molecule has 2 saturated heterocycles. The first kappa shape index (κ1) is 43.1. The Balaban J connectivity index is 0.000000208. The van der Waals surface area contributed by atoms with Gasteiger partial charge < -0.3 is 39.4 Å². The van der Waals surface area contributed by atoms with E-state index in [0.29, 0.717) is 78.9 Å². The number of hydrogen-bond acceptors (Lipinski definition) is 12. The molecule has 0 amide bonds.